The molecule has 0 aromatic carbocycles. The number of hydrogen-bond acceptors (Lipinski definition) is 6. The number of ether oxygens (including phenoxy) is 1. The van der Waals surface area contributed by atoms with Crippen LogP contribution in [0, 0.1) is 11.8 Å². The number of aromatic nitrogens is 3. The number of methoxy groups -OCH3 is 1. The lowest BCUT2D eigenvalue weighted by Crippen LogP contribution is -2.58. The van der Waals surface area contributed by atoms with E-state index in [2.05, 4.69) is 20.5 Å². The Bertz CT molecular complexity index is 550. The van der Waals surface area contributed by atoms with Crippen LogP contribution in [0.2, 0.25) is 0 Å². The summed E-state index contributed by atoms with van der Waals surface area (Å²) in [5.74, 6) is 0.696. The van der Waals surface area contributed by atoms with Crippen molar-refractivity contribution in [2.24, 2.45) is 11.8 Å². The van der Waals surface area contributed by atoms with E-state index in [9.17, 15) is 4.79 Å². The van der Waals surface area contributed by atoms with Gasteiger partial charge >= 0.3 is 0 Å². The fourth-order valence-corrected chi connectivity index (χ4v) is 3.91. The molecule has 2 bridgehead atoms. The summed E-state index contributed by atoms with van der Waals surface area (Å²) in [6.45, 7) is 3.90. The average Bonchev–Trinajstić information content (AvgIpc) is 3.03. The van der Waals surface area contributed by atoms with Crippen LogP contribution < -0.4 is 5.32 Å². The van der Waals surface area contributed by atoms with Gasteiger partial charge in [-0.1, -0.05) is 5.21 Å². The Hall–Kier alpha value is -1.51. The maximum absolute atomic E-state index is 12.4. The first-order valence-electron chi connectivity index (χ1n) is 8.71. The Morgan fingerprint density at radius 3 is 3.12 bits per heavy atom. The van der Waals surface area contributed by atoms with Gasteiger partial charge in [0.2, 0.25) is 5.91 Å². The molecule has 3 aliphatic heterocycles. The van der Waals surface area contributed by atoms with Gasteiger partial charge in [0.15, 0.2) is 0 Å². The third kappa shape index (κ3) is 3.93. The highest BCUT2D eigenvalue weighted by Gasteiger charge is 2.43. The molecule has 8 nitrogen and oxygen atoms in total. The van der Waals surface area contributed by atoms with Crippen LogP contribution in [-0.4, -0.2) is 76.9 Å². The highest BCUT2D eigenvalue weighted by atomic mass is 16.5. The van der Waals surface area contributed by atoms with E-state index in [1.807, 2.05) is 10.9 Å². The number of aliphatic hydroxyl groups excluding tert-OH is 1. The van der Waals surface area contributed by atoms with Crippen molar-refractivity contribution in [3.05, 3.63) is 11.9 Å². The molecule has 8 heteroatoms. The molecular weight excluding hydrogens is 310 g/mol. The SMILES string of the molecule is COCCNC(=O)[C@H]1CN2CCC1C[C@@H]2Cn1cc(CCO)nn1. The van der Waals surface area contributed by atoms with Crippen LogP contribution in [0.1, 0.15) is 18.5 Å². The van der Waals surface area contributed by atoms with Crippen molar-refractivity contribution >= 4 is 5.91 Å². The molecule has 4 atom stereocenters. The highest BCUT2D eigenvalue weighted by Crippen LogP contribution is 2.36. The van der Waals surface area contributed by atoms with Crippen molar-refractivity contribution in [1.82, 2.24) is 25.2 Å². The molecule has 1 aromatic rings. The molecule has 4 heterocycles. The first-order valence-corrected chi connectivity index (χ1v) is 8.71. The van der Waals surface area contributed by atoms with Crippen molar-refractivity contribution < 1.29 is 14.6 Å². The summed E-state index contributed by atoms with van der Waals surface area (Å²) in [4.78, 5) is 14.8. The van der Waals surface area contributed by atoms with Crippen molar-refractivity contribution in [1.29, 1.82) is 0 Å². The monoisotopic (exact) mass is 337 g/mol. The second-order valence-corrected chi connectivity index (χ2v) is 6.73. The fraction of sp³-hybridized carbons (Fsp3) is 0.812. The van der Waals surface area contributed by atoms with E-state index in [0.29, 0.717) is 31.5 Å². The van der Waals surface area contributed by atoms with Gasteiger partial charge in [0, 0.05) is 45.5 Å². The number of nitrogens with one attached hydrogen (secondary N) is 1. The van der Waals surface area contributed by atoms with E-state index in [0.717, 1.165) is 38.2 Å². The number of hydrogen-bond donors (Lipinski definition) is 2. The average molecular weight is 337 g/mol. The smallest absolute Gasteiger partial charge is 0.224 e. The Kier molecular flexibility index (Phi) is 5.80. The number of carbonyl (C=O) groups is 1. The van der Waals surface area contributed by atoms with Crippen LogP contribution in [-0.2, 0) is 22.5 Å². The molecule has 134 valence electrons. The summed E-state index contributed by atoms with van der Waals surface area (Å²) >= 11 is 0. The maximum Gasteiger partial charge on any atom is 0.224 e. The Balaban J connectivity index is 1.54. The summed E-state index contributed by atoms with van der Waals surface area (Å²) < 4.78 is 6.85. The summed E-state index contributed by atoms with van der Waals surface area (Å²) in [6, 6.07) is 0.412. The standard InChI is InChI=1S/C16H27N5O3/c1-24-7-4-17-16(23)15-11-20-5-2-12(15)8-14(20)10-21-9-13(3-6-22)18-19-21/h9,12,14-15,22H,2-8,10-11H2,1H3,(H,17,23)/t12?,14-,15+/m1/s1. The van der Waals surface area contributed by atoms with Crippen LogP contribution >= 0.6 is 0 Å². The Morgan fingerprint density at radius 1 is 1.54 bits per heavy atom. The predicted molar refractivity (Wildman–Crippen MR) is 87.3 cm³/mol. The number of aliphatic hydroxyl groups is 1. The lowest BCUT2D eigenvalue weighted by molar-refractivity contribution is -0.133. The highest BCUT2D eigenvalue weighted by molar-refractivity contribution is 5.79. The quantitative estimate of drug-likeness (QED) is 0.609. The third-order valence-corrected chi connectivity index (χ3v) is 5.17. The largest absolute Gasteiger partial charge is 0.396 e. The first kappa shape index (κ1) is 17.3. The van der Waals surface area contributed by atoms with Crippen molar-refractivity contribution in [2.75, 3.05) is 40.0 Å². The van der Waals surface area contributed by atoms with Gasteiger partial charge in [0.1, 0.15) is 0 Å². The normalized spacial score (nSPS) is 28.9. The second kappa shape index (κ2) is 8.04. The molecule has 0 spiro atoms. The van der Waals surface area contributed by atoms with Crippen LogP contribution in [0.5, 0.6) is 0 Å². The molecule has 3 fully saturated rings. The van der Waals surface area contributed by atoms with Crippen molar-refractivity contribution in [2.45, 2.75) is 31.8 Å². The summed E-state index contributed by atoms with van der Waals surface area (Å²) in [6.07, 6.45) is 4.57. The Labute approximate surface area is 142 Å². The molecule has 0 saturated carbocycles. The van der Waals surface area contributed by atoms with E-state index in [-0.39, 0.29) is 18.4 Å². The van der Waals surface area contributed by atoms with Gasteiger partial charge in [0.25, 0.3) is 0 Å². The summed E-state index contributed by atoms with van der Waals surface area (Å²) in [5.41, 5.74) is 0.823. The van der Waals surface area contributed by atoms with E-state index < -0.39 is 0 Å². The molecule has 3 aliphatic rings. The van der Waals surface area contributed by atoms with Gasteiger partial charge in [-0.3, -0.25) is 14.4 Å². The molecular formula is C16H27N5O3. The summed E-state index contributed by atoms with van der Waals surface area (Å²) in [5, 5.41) is 20.2. The number of nitrogens with zero attached hydrogens (tertiary/aromatic N) is 4. The molecule has 3 saturated heterocycles. The van der Waals surface area contributed by atoms with Gasteiger partial charge in [-0.15, -0.1) is 5.10 Å². The van der Waals surface area contributed by atoms with Crippen LogP contribution in [0.15, 0.2) is 6.20 Å². The van der Waals surface area contributed by atoms with Gasteiger partial charge in [0.05, 0.1) is 24.8 Å². The van der Waals surface area contributed by atoms with Gasteiger partial charge in [-0.2, -0.15) is 0 Å². The zero-order valence-electron chi connectivity index (χ0n) is 14.2. The lowest BCUT2D eigenvalue weighted by atomic mass is 9.75. The topological polar surface area (TPSA) is 92.5 Å². The van der Waals surface area contributed by atoms with Crippen LogP contribution in [0.4, 0.5) is 0 Å². The molecule has 2 N–H and O–H groups in total. The first-order chi connectivity index (χ1) is 11.7. The number of amides is 1. The van der Waals surface area contributed by atoms with E-state index in [4.69, 9.17) is 9.84 Å². The van der Waals surface area contributed by atoms with Crippen LogP contribution in [0.25, 0.3) is 0 Å². The molecule has 4 rings (SSSR count). The van der Waals surface area contributed by atoms with Gasteiger partial charge in [-0.25, -0.2) is 0 Å². The van der Waals surface area contributed by atoms with Gasteiger partial charge in [-0.05, 0) is 25.3 Å². The minimum Gasteiger partial charge on any atom is -0.396 e. The van der Waals surface area contributed by atoms with E-state index in [1.54, 1.807) is 7.11 Å². The third-order valence-electron chi connectivity index (χ3n) is 5.17. The minimum absolute atomic E-state index is 0.0903. The zero-order chi connectivity index (χ0) is 16.9. The van der Waals surface area contributed by atoms with Gasteiger partial charge < -0.3 is 15.2 Å². The number of piperidine rings is 3. The number of rotatable bonds is 8. The molecule has 0 aliphatic carbocycles. The van der Waals surface area contributed by atoms with Crippen molar-refractivity contribution in [3.63, 3.8) is 0 Å². The second-order valence-electron chi connectivity index (χ2n) is 6.73. The van der Waals surface area contributed by atoms with Crippen LogP contribution in [0.3, 0.4) is 0 Å². The molecule has 1 aromatic heterocycles. The predicted octanol–water partition coefficient (Wildman–Crippen LogP) is -0.714. The van der Waals surface area contributed by atoms with Crippen molar-refractivity contribution in [3.8, 4) is 0 Å². The lowest BCUT2D eigenvalue weighted by Gasteiger charge is -2.49. The Morgan fingerprint density at radius 2 is 2.42 bits per heavy atom. The molecule has 0 radical (unpaired) electrons. The zero-order valence-corrected chi connectivity index (χ0v) is 14.2. The maximum atomic E-state index is 12.4. The fourth-order valence-electron chi connectivity index (χ4n) is 3.91. The molecule has 1 amide bonds. The van der Waals surface area contributed by atoms with E-state index >= 15 is 0 Å². The number of fused-ring (bicyclic) bond motifs is 3. The number of carbonyl (C=O) groups excluding carboxylic acids is 1. The van der Waals surface area contributed by atoms with E-state index in [1.165, 1.54) is 0 Å². The summed E-state index contributed by atoms with van der Waals surface area (Å²) in [7, 11) is 1.64. The molecule has 24 heavy (non-hydrogen) atoms. The minimum atomic E-state index is 0.0903. The molecule has 2 unspecified atom stereocenters.